The summed E-state index contributed by atoms with van der Waals surface area (Å²) in [4.78, 5) is 4.45. The first-order valence-corrected chi connectivity index (χ1v) is 8.84. The molecule has 0 amide bonds. The van der Waals surface area contributed by atoms with Crippen molar-refractivity contribution in [3.05, 3.63) is 0 Å². The lowest BCUT2D eigenvalue weighted by Crippen LogP contribution is -2.42. The Bertz CT molecular complexity index is 404. The molecule has 1 saturated heterocycles. The van der Waals surface area contributed by atoms with E-state index >= 15 is 0 Å². The van der Waals surface area contributed by atoms with Crippen molar-refractivity contribution in [3.63, 3.8) is 0 Å². The van der Waals surface area contributed by atoms with Crippen LogP contribution in [-0.2, 0) is 9.84 Å². The van der Waals surface area contributed by atoms with E-state index in [1.165, 1.54) is 0 Å². The fourth-order valence-electron chi connectivity index (χ4n) is 2.13. The summed E-state index contributed by atoms with van der Waals surface area (Å²) < 4.78 is 23.0. The van der Waals surface area contributed by atoms with Crippen molar-refractivity contribution in [1.29, 1.82) is 0 Å². The molecule has 2 unspecified atom stereocenters. The SMILES string of the molecule is CC(C)C1CN=C(NC2CCCS(=O)(=O)C2)S1. The fourth-order valence-corrected chi connectivity index (χ4v) is 4.86. The normalized spacial score (nSPS) is 32.5. The molecule has 0 aromatic carbocycles. The summed E-state index contributed by atoms with van der Waals surface area (Å²) in [6.07, 6.45) is 1.71. The van der Waals surface area contributed by atoms with Crippen LogP contribution in [0.1, 0.15) is 26.7 Å². The van der Waals surface area contributed by atoms with Gasteiger partial charge in [-0.2, -0.15) is 0 Å². The average molecular weight is 276 g/mol. The van der Waals surface area contributed by atoms with Gasteiger partial charge in [0.15, 0.2) is 15.0 Å². The average Bonchev–Trinajstić information content (AvgIpc) is 2.64. The standard InChI is InChI=1S/C11H20N2O2S2/c1-8(2)10-6-12-11(16-10)13-9-4-3-5-17(14,15)7-9/h8-10H,3-7H2,1-2H3,(H,12,13). The van der Waals surface area contributed by atoms with Crippen molar-refractivity contribution in [3.8, 4) is 0 Å². The lowest BCUT2D eigenvalue weighted by Gasteiger charge is -2.23. The van der Waals surface area contributed by atoms with Gasteiger partial charge >= 0.3 is 0 Å². The fraction of sp³-hybridized carbons (Fsp3) is 0.909. The van der Waals surface area contributed by atoms with Crippen LogP contribution in [0.5, 0.6) is 0 Å². The molecule has 2 rings (SSSR count). The monoisotopic (exact) mass is 276 g/mol. The van der Waals surface area contributed by atoms with E-state index in [0.29, 0.717) is 16.9 Å². The first kappa shape index (κ1) is 13.2. The van der Waals surface area contributed by atoms with Crippen LogP contribution in [0.3, 0.4) is 0 Å². The molecule has 0 saturated carbocycles. The lowest BCUT2D eigenvalue weighted by molar-refractivity contribution is 0.533. The van der Waals surface area contributed by atoms with Gasteiger partial charge in [0.05, 0.1) is 18.1 Å². The van der Waals surface area contributed by atoms with Crippen molar-refractivity contribution < 1.29 is 8.42 Å². The highest BCUT2D eigenvalue weighted by molar-refractivity contribution is 8.14. The van der Waals surface area contributed by atoms with E-state index in [9.17, 15) is 8.42 Å². The second-order valence-corrected chi connectivity index (χ2v) is 8.60. The Morgan fingerprint density at radius 1 is 1.47 bits per heavy atom. The summed E-state index contributed by atoms with van der Waals surface area (Å²) >= 11 is 1.76. The van der Waals surface area contributed by atoms with Gasteiger partial charge in [-0.15, -0.1) is 0 Å². The molecule has 0 bridgehead atoms. The molecule has 0 radical (unpaired) electrons. The lowest BCUT2D eigenvalue weighted by atomic mass is 10.1. The summed E-state index contributed by atoms with van der Waals surface area (Å²) in [5.74, 6) is 1.22. The highest BCUT2D eigenvalue weighted by atomic mass is 32.2. The minimum atomic E-state index is -2.83. The van der Waals surface area contributed by atoms with Crippen molar-refractivity contribution in [2.24, 2.45) is 10.9 Å². The van der Waals surface area contributed by atoms with Crippen LogP contribution >= 0.6 is 11.8 Å². The van der Waals surface area contributed by atoms with E-state index in [0.717, 1.165) is 24.6 Å². The number of rotatable bonds is 2. The minimum absolute atomic E-state index is 0.0610. The number of nitrogens with one attached hydrogen (secondary N) is 1. The van der Waals surface area contributed by atoms with Crippen molar-refractivity contribution in [2.45, 2.75) is 38.0 Å². The van der Waals surface area contributed by atoms with E-state index in [4.69, 9.17) is 0 Å². The summed E-state index contributed by atoms with van der Waals surface area (Å²) in [6, 6.07) is 0.0610. The maximum Gasteiger partial charge on any atom is 0.157 e. The maximum absolute atomic E-state index is 11.5. The van der Waals surface area contributed by atoms with E-state index in [1.54, 1.807) is 11.8 Å². The molecule has 1 fully saturated rings. The first-order chi connectivity index (χ1) is 7.96. The predicted molar refractivity (Wildman–Crippen MR) is 73.3 cm³/mol. The summed E-state index contributed by atoms with van der Waals surface area (Å²) in [7, 11) is -2.83. The van der Waals surface area contributed by atoms with Crippen molar-refractivity contribution in [1.82, 2.24) is 5.32 Å². The Hall–Kier alpha value is -0.230. The summed E-state index contributed by atoms with van der Waals surface area (Å²) in [5, 5.41) is 4.77. The van der Waals surface area contributed by atoms with Gasteiger partial charge in [-0.25, -0.2) is 8.42 Å². The Morgan fingerprint density at radius 3 is 2.82 bits per heavy atom. The number of sulfone groups is 1. The third kappa shape index (κ3) is 3.61. The second kappa shape index (κ2) is 5.18. The summed E-state index contributed by atoms with van der Waals surface area (Å²) in [6.45, 7) is 5.24. The Morgan fingerprint density at radius 2 is 2.24 bits per heavy atom. The third-order valence-corrected chi connectivity index (χ3v) is 6.50. The summed E-state index contributed by atoms with van der Waals surface area (Å²) in [5.41, 5.74) is 0. The van der Waals surface area contributed by atoms with E-state index in [2.05, 4.69) is 24.2 Å². The van der Waals surface area contributed by atoms with E-state index in [1.807, 2.05) is 0 Å². The van der Waals surface area contributed by atoms with Crippen LogP contribution in [-0.4, -0.2) is 42.9 Å². The number of thioether (sulfide) groups is 1. The molecule has 17 heavy (non-hydrogen) atoms. The first-order valence-electron chi connectivity index (χ1n) is 6.14. The molecule has 0 aromatic heterocycles. The Kier molecular flexibility index (Phi) is 4.02. The van der Waals surface area contributed by atoms with Crippen LogP contribution < -0.4 is 5.32 Å². The van der Waals surface area contributed by atoms with Gasteiger partial charge in [-0.1, -0.05) is 25.6 Å². The van der Waals surface area contributed by atoms with Gasteiger partial charge in [-0.05, 0) is 18.8 Å². The molecule has 98 valence electrons. The van der Waals surface area contributed by atoms with Gasteiger partial charge in [-0.3, -0.25) is 4.99 Å². The zero-order chi connectivity index (χ0) is 12.5. The molecular formula is C11H20N2O2S2. The highest BCUT2D eigenvalue weighted by Gasteiger charge is 2.28. The molecule has 6 heteroatoms. The largest absolute Gasteiger partial charge is 0.361 e. The van der Waals surface area contributed by atoms with Crippen LogP contribution in [0.25, 0.3) is 0 Å². The molecule has 0 aromatic rings. The quantitative estimate of drug-likeness (QED) is 0.825. The number of hydrogen-bond donors (Lipinski definition) is 1. The molecule has 0 spiro atoms. The molecule has 2 heterocycles. The van der Waals surface area contributed by atoms with E-state index < -0.39 is 9.84 Å². The van der Waals surface area contributed by atoms with Crippen LogP contribution in [0, 0.1) is 5.92 Å². The Balaban J connectivity index is 1.86. The molecule has 2 atom stereocenters. The molecule has 1 N–H and O–H groups in total. The van der Waals surface area contributed by atoms with Crippen LogP contribution in [0.2, 0.25) is 0 Å². The van der Waals surface area contributed by atoms with Gasteiger partial charge < -0.3 is 5.32 Å². The zero-order valence-electron chi connectivity index (χ0n) is 10.3. The smallest absolute Gasteiger partial charge is 0.157 e. The second-order valence-electron chi connectivity index (χ2n) is 5.14. The van der Waals surface area contributed by atoms with Crippen molar-refractivity contribution >= 4 is 26.8 Å². The molecule has 4 nitrogen and oxygen atoms in total. The molecular weight excluding hydrogens is 256 g/mol. The minimum Gasteiger partial charge on any atom is -0.361 e. The maximum atomic E-state index is 11.5. The van der Waals surface area contributed by atoms with Gasteiger partial charge in [0.1, 0.15) is 0 Å². The number of amidine groups is 1. The predicted octanol–water partition coefficient (Wildman–Crippen LogP) is 1.28. The van der Waals surface area contributed by atoms with Gasteiger partial charge in [0.2, 0.25) is 0 Å². The van der Waals surface area contributed by atoms with Crippen LogP contribution in [0.4, 0.5) is 0 Å². The number of nitrogens with zero attached hydrogens (tertiary/aromatic N) is 1. The topological polar surface area (TPSA) is 58.5 Å². The highest BCUT2D eigenvalue weighted by Crippen LogP contribution is 2.26. The van der Waals surface area contributed by atoms with Crippen LogP contribution in [0.15, 0.2) is 4.99 Å². The van der Waals surface area contributed by atoms with Gasteiger partial charge in [0.25, 0.3) is 0 Å². The molecule has 2 aliphatic rings. The number of aliphatic imine (C=N–C) groups is 1. The number of hydrogen-bond acceptors (Lipinski definition) is 5. The van der Waals surface area contributed by atoms with Gasteiger partial charge in [0, 0.05) is 11.3 Å². The van der Waals surface area contributed by atoms with Crippen molar-refractivity contribution in [2.75, 3.05) is 18.1 Å². The molecule has 0 aliphatic carbocycles. The third-order valence-electron chi connectivity index (χ3n) is 3.21. The zero-order valence-corrected chi connectivity index (χ0v) is 12.0. The van der Waals surface area contributed by atoms with E-state index in [-0.39, 0.29) is 11.8 Å². The Labute approximate surface area is 108 Å². The molecule has 2 aliphatic heterocycles.